The van der Waals surface area contributed by atoms with Crippen LogP contribution in [0.15, 0.2) is 0 Å². The maximum Gasteiger partial charge on any atom is 0.389 e. The first-order valence-corrected chi connectivity index (χ1v) is 5.04. The molecule has 0 aromatic rings. The highest BCUT2D eigenvalue weighted by molar-refractivity contribution is 5.77. The number of rotatable bonds is 6. The highest BCUT2D eigenvalue weighted by Crippen LogP contribution is 2.20. The Morgan fingerprint density at radius 1 is 1.33 bits per heavy atom. The lowest BCUT2D eigenvalue weighted by atomic mass is 10.3. The molecule has 1 saturated carbocycles. The zero-order valence-electron chi connectivity index (χ0n) is 8.36. The lowest BCUT2D eigenvalue weighted by Gasteiger charge is -2.07. The van der Waals surface area contributed by atoms with Gasteiger partial charge in [0.15, 0.2) is 0 Å². The Morgan fingerprint density at radius 2 is 2.00 bits per heavy atom. The van der Waals surface area contributed by atoms with Crippen molar-refractivity contribution in [2.24, 2.45) is 0 Å². The van der Waals surface area contributed by atoms with Crippen LogP contribution >= 0.6 is 0 Å². The van der Waals surface area contributed by atoms with Gasteiger partial charge in [0, 0.05) is 19.0 Å². The van der Waals surface area contributed by atoms with Crippen LogP contribution in [0.4, 0.5) is 13.2 Å². The summed E-state index contributed by atoms with van der Waals surface area (Å²) in [6.07, 6.45) is -2.86. The highest BCUT2D eigenvalue weighted by atomic mass is 19.4. The summed E-state index contributed by atoms with van der Waals surface area (Å²) in [6, 6.07) is 0.436. The second-order valence-electron chi connectivity index (χ2n) is 3.72. The SMILES string of the molecule is O=C(CNC1CC1)NCCCC(F)(F)F. The molecule has 0 unspecified atom stereocenters. The molecule has 1 fully saturated rings. The highest BCUT2D eigenvalue weighted by Gasteiger charge is 2.26. The molecule has 88 valence electrons. The van der Waals surface area contributed by atoms with Gasteiger partial charge in [0.2, 0.25) is 5.91 Å². The van der Waals surface area contributed by atoms with Crippen molar-refractivity contribution in [2.45, 2.75) is 37.9 Å². The number of alkyl halides is 3. The Bertz CT molecular complexity index is 214. The molecule has 0 heterocycles. The van der Waals surface area contributed by atoms with Crippen LogP contribution in [0.2, 0.25) is 0 Å². The predicted octanol–water partition coefficient (Wildman–Crippen LogP) is 1.20. The summed E-state index contributed by atoms with van der Waals surface area (Å²) >= 11 is 0. The van der Waals surface area contributed by atoms with Crippen molar-refractivity contribution >= 4 is 5.91 Å². The van der Waals surface area contributed by atoms with Crippen molar-refractivity contribution in [3.05, 3.63) is 0 Å². The fraction of sp³-hybridized carbons (Fsp3) is 0.889. The van der Waals surface area contributed by atoms with Crippen LogP contribution in [-0.4, -0.2) is 31.2 Å². The van der Waals surface area contributed by atoms with Crippen LogP contribution in [-0.2, 0) is 4.79 Å². The van der Waals surface area contributed by atoms with Crippen LogP contribution in [0, 0.1) is 0 Å². The van der Waals surface area contributed by atoms with Gasteiger partial charge < -0.3 is 10.6 Å². The van der Waals surface area contributed by atoms with Gasteiger partial charge in [-0.05, 0) is 19.3 Å². The summed E-state index contributed by atoms with van der Waals surface area (Å²) in [6.45, 7) is 0.293. The van der Waals surface area contributed by atoms with E-state index >= 15 is 0 Å². The zero-order chi connectivity index (χ0) is 11.3. The molecule has 6 heteroatoms. The minimum atomic E-state index is -4.13. The lowest BCUT2D eigenvalue weighted by molar-refractivity contribution is -0.136. The Hall–Kier alpha value is -0.780. The Morgan fingerprint density at radius 3 is 2.53 bits per heavy atom. The Kier molecular flexibility index (Phi) is 4.38. The maximum absolute atomic E-state index is 11.7. The first-order chi connectivity index (χ1) is 6.97. The third kappa shape index (κ3) is 7.18. The topological polar surface area (TPSA) is 41.1 Å². The van der Waals surface area contributed by atoms with Crippen molar-refractivity contribution < 1.29 is 18.0 Å². The van der Waals surface area contributed by atoms with Gasteiger partial charge in [0.25, 0.3) is 0 Å². The van der Waals surface area contributed by atoms with E-state index in [1.807, 2.05) is 0 Å². The van der Waals surface area contributed by atoms with E-state index in [2.05, 4.69) is 10.6 Å². The summed E-state index contributed by atoms with van der Waals surface area (Å²) in [5.41, 5.74) is 0. The van der Waals surface area contributed by atoms with Gasteiger partial charge in [-0.2, -0.15) is 13.2 Å². The quantitative estimate of drug-likeness (QED) is 0.665. The van der Waals surface area contributed by atoms with Crippen LogP contribution in [0.25, 0.3) is 0 Å². The standard InChI is InChI=1S/C9H15F3N2O/c10-9(11,12)4-1-5-13-8(15)6-14-7-2-3-7/h7,14H,1-6H2,(H,13,15). The van der Waals surface area contributed by atoms with E-state index in [0.29, 0.717) is 6.04 Å². The molecule has 0 aromatic heterocycles. The van der Waals surface area contributed by atoms with Gasteiger partial charge in [-0.15, -0.1) is 0 Å². The molecule has 0 aliphatic heterocycles. The molecule has 1 amide bonds. The maximum atomic E-state index is 11.7. The van der Waals surface area contributed by atoms with Crippen molar-refractivity contribution in [3.8, 4) is 0 Å². The number of carbonyl (C=O) groups excluding carboxylic acids is 1. The van der Waals surface area contributed by atoms with Gasteiger partial charge in [-0.1, -0.05) is 0 Å². The summed E-state index contributed by atoms with van der Waals surface area (Å²) in [4.78, 5) is 11.0. The molecule has 1 rings (SSSR count). The fourth-order valence-corrected chi connectivity index (χ4v) is 1.10. The van der Waals surface area contributed by atoms with Gasteiger partial charge >= 0.3 is 6.18 Å². The van der Waals surface area contributed by atoms with Gasteiger partial charge in [0.05, 0.1) is 6.54 Å². The monoisotopic (exact) mass is 224 g/mol. The molecule has 0 spiro atoms. The molecule has 0 aromatic carbocycles. The van der Waals surface area contributed by atoms with E-state index in [4.69, 9.17) is 0 Å². The Balaban J connectivity index is 1.91. The third-order valence-electron chi connectivity index (χ3n) is 2.09. The number of hydrogen-bond donors (Lipinski definition) is 2. The molecule has 0 saturated heterocycles. The van der Waals surface area contributed by atoms with Crippen LogP contribution in [0.3, 0.4) is 0 Å². The first-order valence-electron chi connectivity index (χ1n) is 5.04. The van der Waals surface area contributed by atoms with Crippen LogP contribution < -0.4 is 10.6 Å². The number of carbonyl (C=O) groups is 1. The van der Waals surface area contributed by atoms with E-state index in [0.717, 1.165) is 12.8 Å². The largest absolute Gasteiger partial charge is 0.389 e. The number of amides is 1. The number of nitrogens with one attached hydrogen (secondary N) is 2. The average Bonchev–Trinajstić information content (AvgIpc) is 2.91. The van der Waals surface area contributed by atoms with E-state index in [1.54, 1.807) is 0 Å². The molecule has 1 aliphatic carbocycles. The second-order valence-corrected chi connectivity index (χ2v) is 3.72. The van der Waals surface area contributed by atoms with Crippen LogP contribution in [0.1, 0.15) is 25.7 Å². The van der Waals surface area contributed by atoms with E-state index in [-0.39, 0.29) is 25.4 Å². The van der Waals surface area contributed by atoms with Crippen molar-refractivity contribution in [2.75, 3.05) is 13.1 Å². The summed E-state index contributed by atoms with van der Waals surface area (Å²) < 4.78 is 35.2. The molecule has 2 N–H and O–H groups in total. The van der Waals surface area contributed by atoms with Crippen molar-refractivity contribution in [1.82, 2.24) is 10.6 Å². The minimum absolute atomic E-state index is 0.0569. The zero-order valence-corrected chi connectivity index (χ0v) is 8.36. The fourth-order valence-electron chi connectivity index (χ4n) is 1.10. The molecule has 0 atom stereocenters. The third-order valence-corrected chi connectivity index (χ3v) is 2.09. The molecule has 0 radical (unpaired) electrons. The molecule has 3 nitrogen and oxygen atoms in total. The van der Waals surface area contributed by atoms with Gasteiger partial charge in [-0.3, -0.25) is 4.79 Å². The van der Waals surface area contributed by atoms with Crippen molar-refractivity contribution in [3.63, 3.8) is 0 Å². The van der Waals surface area contributed by atoms with E-state index in [9.17, 15) is 18.0 Å². The lowest BCUT2D eigenvalue weighted by Crippen LogP contribution is -2.35. The summed E-state index contributed by atoms with van der Waals surface area (Å²) in [5, 5.41) is 5.42. The molecule has 0 bridgehead atoms. The molecule has 1 aliphatic rings. The van der Waals surface area contributed by atoms with Crippen molar-refractivity contribution in [1.29, 1.82) is 0 Å². The molecular formula is C9H15F3N2O. The number of halogens is 3. The summed E-state index contributed by atoms with van der Waals surface area (Å²) in [7, 11) is 0. The first kappa shape index (κ1) is 12.3. The molecule has 15 heavy (non-hydrogen) atoms. The minimum Gasteiger partial charge on any atom is -0.355 e. The number of hydrogen-bond acceptors (Lipinski definition) is 2. The van der Waals surface area contributed by atoms with E-state index in [1.165, 1.54) is 0 Å². The van der Waals surface area contributed by atoms with E-state index < -0.39 is 12.6 Å². The van der Waals surface area contributed by atoms with Gasteiger partial charge in [0.1, 0.15) is 0 Å². The normalized spacial score (nSPS) is 16.5. The second kappa shape index (κ2) is 5.34. The van der Waals surface area contributed by atoms with Gasteiger partial charge in [-0.25, -0.2) is 0 Å². The Labute approximate surface area is 86.4 Å². The predicted molar refractivity (Wildman–Crippen MR) is 49.3 cm³/mol. The smallest absolute Gasteiger partial charge is 0.355 e. The average molecular weight is 224 g/mol. The molecular weight excluding hydrogens is 209 g/mol. The van der Waals surface area contributed by atoms with Crippen LogP contribution in [0.5, 0.6) is 0 Å². The summed E-state index contributed by atoms with van der Waals surface area (Å²) in [5.74, 6) is -0.232.